The van der Waals surface area contributed by atoms with Crippen molar-refractivity contribution in [2.24, 2.45) is 0 Å². The van der Waals surface area contributed by atoms with Crippen molar-refractivity contribution < 1.29 is 9.59 Å². The minimum atomic E-state index is -0.272. The molecule has 154 valence electrons. The third-order valence-corrected chi connectivity index (χ3v) is 4.90. The Hall–Kier alpha value is -4.19. The Morgan fingerprint density at radius 1 is 0.871 bits per heavy atom. The van der Waals surface area contributed by atoms with Crippen molar-refractivity contribution in [2.75, 3.05) is 12.4 Å². The molecule has 1 aromatic heterocycles. The zero-order valence-corrected chi connectivity index (χ0v) is 17.3. The first-order valence-corrected chi connectivity index (χ1v) is 9.91. The Labute approximate surface area is 180 Å². The summed E-state index contributed by atoms with van der Waals surface area (Å²) in [5.41, 5.74) is 5.01. The maximum atomic E-state index is 13.2. The first-order valence-electron chi connectivity index (χ1n) is 9.91. The molecule has 0 aliphatic heterocycles. The van der Waals surface area contributed by atoms with Crippen LogP contribution in [0.1, 0.15) is 26.3 Å². The molecule has 0 saturated heterocycles. The van der Waals surface area contributed by atoms with Gasteiger partial charge in [-0.1, -0.05) is 42.0 Å². The minimum Gasteiger partial charge on any atom is -0.355 e. The highest BCUT2D eigenvalue weighted by Crippen LogP contribution is 2.25. The van der Waals surface area contributed by atoms with Crippen LogP contribution in [0.5, 0.6) is 0 Å². The van der Waals surface area contributed by atoms with Gasteiger partial charge in [0, 0.05) is 30.1 Å². The smallest absolute Gasteiger partial charge is 0.259 e. The first kappa shape index (κ1) is 20.1. The largest absolute Gasteiger partial charge is 0.355 e. The van der Waals surface area contributed by atoms with E-state index in [0.717, 1.165) is 16.8 Å². The summed E-state index contributed by atoms with van der Waals surface area (Å²) in [4.78, 5) is 24.9. The molecule has 31 heavy (non-hydrogen) atoms. The number of benzene rings is 3. The van der Waals surface area contributed by atoms with Gasteiger partial charge in [0.25, 0.3) is 11.8 Å². The molecule has 0 bridgehead atoms. The summed E-state index contributed by atoms with van der Waals surface area (Å²) in [7, 11) is 1.58. The number of rotatable bonds is 5. The van der Waals surface area contributed by atoms with Gasteiger partial charge in [-0.2, -0.15) is 5.10 Å². The van der Waals surface area contributed by atoms with Crippen molar-refractivity contribution in [3.63, 3.8) is 0 Å². The average molecular weight is 410 g/mol. The average Bonchev–Trinajstić information content (AvgIpc) is 3.25. The first-order chi connectivity index (χ1) is 15.0. The molecule has 0 fully saturated rings. The molecular weight excluding hydrogens is 388 g/mol. The van der Waals surface area contributed by atoms with Gasteiger partial charge in [0.15, 0.2) is 0 Å². The van der Waals surface area contributed by atoms with Crippen LogP contribution in [-0.2, 0) is 0 Å². The van der Waals surface area contributed by atoms with Gasteiger partial charge in [0.05, 0.1) is 11.3 Å². The number of hydrogen-bond acceptors (Lipinski definition) is 3. The van der Waals surface area contributed by atoms with Gasteiger partial charge in [0.1, 0.15) is 5.69 Å². The van der Waals surface area contributed by atoms with E-state index < -0.39 is 0 Å². The number of aryl methyl sites for hydroxylation is 1. The fourth-order valence-electron chi connectivity index (χ4n) is 3.31. The molecule has 6 heteroatoms. The molecule has 0 atom stereocenters. The Bertz CT molecular complexity index is 1230. The van der Waals surface area contributed by atoms with Gasteiger partial charge in [-0.15, -0.1) is 0 Å². The van der Waals surface area contributed by atoms with Crippen molar-refractivity contribution in [2.45, 2.75) is 6.92 Å². The minimum absolute atomic E-state index is 0.177. The van der Waals surface area contributed by atoms with E-state index in [-0.39, 0.29) is 11.8 Å². The zero-order chi connectivity index (χ0) is 21.8. The van der Waals surface area contributed by atoms with Crippen molar-refractivity contribution in [3.8, 4) is 16.9 Å². The second-order valence-corrected chi connectivity index (χ2v) is 7.15. The fourth-order valence-corrected chi connectivity index (χ4v) is 3.31. The normalized spacial score (nSPS) is 10.5. The molecule has 0 saturated carbocycles. The predicted octanol–water partition coefficient (Wildman–Crippen LogP) is 4.46. The molecule has 0 radical (unpaired) electrons. The van der Waals surface area contributed by atoms with Crippen molar-refractivity contribution in [1.82, 2.24) is 15.1 Å². The molecule has 0 unspecified atom stereocenters. The van der Waals surface area contributed by atoms with E-state index in [2.05, 4.69) is 10.6 Å². The summed E-state index contributed by atoms with van der Waals surface area (Å²) in [6, 6.07) is 24.3. The van der Waals surface area contributed by atoms with Gasteiger partial charge in [-0.3, -0.25) is 9.59 Å². The van der Waals surface area contributed by atoms with E-state index in [4.69, 9.17) is 5.10 Å². The van der Waals surface area contributed by atoms with Crippen LogP contribution in [0.25, 0.3) is 16.9 Å². The Morgan fingerprint density at radius 2 is 1.61 bits per heavy atom. The molecule has 1 heterocycles. The van der Waals surface area contributed by atoms with Gasteiger partial charge in [-0.25, -0.2) is 4.68 Å². The second-order valence-electron chi connectivity index (χ2n) is 7.15. The number of amides is 2. The fraction of sp³-hybridized carbons (Fsp3) is 0.0800. The third kappa shape index (κ3) is 4.38. The van der Waals surface area contributed by atoms with Gasteiger partial charge >= 0.3 is 0 Å². The topological polar surface area (TPSA) is 76.0 Å². The number of aromatic nitrogens is 2. The summed E-state index contributed by atoms with van der Waals surface area (Å²) in [6.07, 6.45) is 1.74. The molecule has 2 N–H and O–H groups in total. The van der Waals surface area contributed by atoms with Gasteiger partial charge in [-0.05, 0) is 49.4 Å². The van der Waals surface area contributed by atoms with Gasteiger partial charge < -0.3 is 10.6 Å². The number of anilines is 1. The molecule has 4 rings (SSSR count). The molecule has 2 amide bonds. The SMILES string of the molecule is CNC(=O)c1ccc(NC(=O)c2cn(-c3ccccc3)nc2-c2cccc(C)c2)cc1. The highest BCUT2D eigenvalue weighted by molar-refractivity contribution is 6.08. The monoisotopic (exact) mass is 410 g/mol. The van der Waals surface area contributed by atoms with E-state index in [0.29, 0.717) is 22.5 Å². The van der Waals surface area contributed by atoms with Crippen molar-refractivity contribution in [1.29, 1.82) is 0 Å². The molecule has 0 aliphatic rings. The maximum absolute atomic E-state index is 13.2. The number of nitrogens with one attached hydrogen (secondary N) is 2. The van der Waals surface area contributed by atoms with Crippen molar-refractivity contribution in [3.05, 3.63) is 102 Å². The number of carbonyl (C=O) groups excluding carboxylic acids is 2. The molecule has 0 aliphatic carbocycles. The van der Waals surface area contributed by atoms with E-state index in [9.17, 15) is 9.59 Å². The lowest BCUT2D eigenvalue weighted by Gasteiger charge is -2.07. The van der Waals surface area contributed by atoms with Crippen LogP contribution in [0.2, 0.25) is 0 Å². The highest BCUT2D eigenvalue weighted by atomic mass is 16.2. The molecule has 6 nitrogen and oxygen atoms in total. The van der Waals surface area contributed by atoms with E-state index in [1.54, 1.807) is 42.2 Å². The van der Waals surface area contributed by atoms with Crippen LogP contribution in [0.4, 0.5) is 5.69 Å². The van der Waals surface area contributed by atoms with Crippen LogP contribution >= 0.6 is 0 Å². The van der Waals surface area contributed by atoms with Crippen molar-refractivity contribution >= 4 is 17.5 Å². The number of carbonyl (C=O) groups is 2. The summed E-state index contributed by atoms with van der Waals surface area (Å²) < 4.78 is 1.71. The van der Waals surface area contributed by atoms with Crippen LogP contribution in [0.3, 0.4) is 0 Å². The summed E-state index contributed by atoms with van der Waals surface area (Å²) in [6.45, 7) is 2.01. The van der Waals surface area contributed by atoms with E-state index in [1.807, 2.05) is 61.5 Å². The molecule has 3 aromatic carbocycles. The Morgan fingerprint density at radius 3 is 2.29 bits per heavy atom. The third-order valence-electron chi connectivity index (χ3n) is 4.90. The van der Waals surface area contributed by atoms with E-state index >= 15 is 0 Å². The molecule has 0 spiro atoms. The van der Waals surface area contributed by atoms with Crippen LogP contribution < -0.4 is 10.6 Å². The number of nitrogens with zero attached hydrogens (tertiary/aromatic N) is 2. The summed E-state index contributed by atoms with van der Waals surface area (Å²) in [5.74, 6) is -0.449. The van der Waals surface area contributed by atoms with E-state index in [1.165, 1.54) is 0 Å². The second kappa shape index (κ2) is 8.67. The van der Waals surface area contributed by atoms with Gasteiger partial charge in [0.2, 0.25) is 0 Å². The molecule has 4 aromatic rings. The lowest BCUT2D eigenvalue weighted by molar-refractivity contribution is 0.0962. The highest BCUT2D eigenvalue weighted by Gasteiger charge is 2.19. The Balaban J connectivity index is 1.69. The quantitative estimate of drug-likeness (QED) is 0.510. The predicted molar refractivity (Wildman–Crippen MR) is 122 cm³/mol. The van der Waals surface area contributed by atoms with Crippen LogP contribution in [0, 0.1) is 6.92 Å². The zero-order valence-electron chi connectivity index (χ0n) is 17.3. The summed E-state index contributed by atoms with van der Waals surface area (Å²) in [5, 5.41) is 10.2. The number of hydrogen-bond donors (Lipinski definition) is 2. The lowest BCUT2D eigenvalue weighted by Crippen LogP contribution is -2.18. The lowest BCUT2D eigenvalue weighted by atomic mass is 10.1. The van der Waals surface area contributed by atoms with Crippen LogP contribution in [0.15, 0.2) is 85.1 Å². The standard InChI is InChI=1S/C25H22N4O2/c1-17-7-6-8-19(15-17)23-22(16-29(28-23)21-9-4-3-5-10-21)25(31)27-20-13-11-18(12-14-20)24(30)26-2/h3-16H,1-2H3,(H,26,30)(H,27,31). The number of para-hydroxylation sites is 1. The maximum Gasteiger partial charge on any atom is 0.259 e. The molecular formula is C25H22N4O2. The Kier molecular flexibility index (Phi) is 5.62. The summed E-state index contributed by atoms with van der Waals surface area (Å²) >= 11 is 0. The van der Waals surface area contributed by atoms with Crippen LogP contribution in [-0.4, -0.2) is 28.6 Å².